The van der Waals surface area contributed by atoms with Gasteiger partial charge in [-0.3, -0.25) is 0 Å². The zero-order valence-corrected chi connectivity index (χ0v) is 23.1. The van der Waals surface area contributed by atoms with Gasteiger partial charge in [0.1, 0.15) is 0 Å². The van der Waals surface area contributed by atoms with Crippen LogP contribution >= 0.6 is 43.3 Å². The summed E-state index contributed by atoms with van der Waals surface area (Å²) in [6.07, 6.45) is 5.80. The van der Waals surface area contributed by atoms with Crippen molar-refractivity contribution in [3.05, 3.63) is 0 Å². The van der Waals surface area contributed by atoms with Crippen molar-refractivity contribution in [1.82, 2.24) is 10.6 Å². The van der Waals surface area contributed by atoms with E-state index in [9.17, 15) is 0 Å². The first-order valence-electron chi connectivity index (χ1n) is 8.30. The van der Waals surface area contributed by atoms with Crippen LogP contribution < -0.4 is 53.0 Å². The van der Waals surface area contributed by atoms with E-state index in [4.69, 9.17) is 0 Å². The summed E-state index contributed by atoms with van der Waals surface area (Å²) in [5, 5.41) is 7.09. The Morgan fingerprint density at radius 1 is 1.41 bits per heavy atom. The molecule has 2 nitrogen and oxygen atoms in total. The van der Waals surface area contributed by atoms with Gasteiger partial charge in [0.25, 0.3) is 0 Å². The van der Waals surface area contributed by atoms with Crippen molar-refractivity contribution in [3.63, 3.8) is 0 Å². The van der Waals surface area contributed by atoms with Gasteiger partial charge in [0.05, 0.1) is 0 Å². The Morgan fingerprint density at radius 3 is 2.55 bits per heavy atom. The summed E-state index contributed by atoms with van der Waals surface area (Å²) in [6, 6.07) is 0.830. The Bertz CT molecular complexity index is 332. The molecule has 1 aliphatic rings. The quantitative estimate of drug-likeness (QED) is 0.106. The van der Waals surface area contributed by atoms with Gasteiger partial charge in [-0.05, 0) is 0 Å². The molecule has 0 bridgehead atoms. The van der Waals surface area contributed by atoms with Gasteiger partial charge in [-0.25, -0.2) is 0 Å². The summed E-state index contributed by atoms with van der Waals surface area (Å²) in [7, 11) is 2.12. The summed E-state index contributed by atoms with van der Waals surface area (Å²) in [4.78, 5) is 0. The third-order valence-corrected chi connectivity index (χ3v) is 20.9. The molecular weight excluding hydrogens is 728 g/mol. The van der Waals surface area contributed by atoms with Gasteiger partial charge in [0.15, 0.2) is 0 Å². The standard InChI is InChI=1S/C16H32I4N2/c1-6-8-12(7-2)18-14(9-11(3)4)19-15(13-10-22-13)20-16(17)21-5/h11-14,16,21-22H,6-10H2,1-5H3/q-2/t12?,13-,14?,16?/m1/s1. The summed E-state index contributed by atoms with van der Waals surface area (Å²) in [5.74, 6) is 0.884. The van der Waals surface area contributed by atoms with E-state index >= 15 is 0 Å². The van der Waals surface area contributed by atoms with Crippen LogP contribution in [0.2, 0.25) is 0 Å². The van der Waals surface area contributed by atoms with E-state index in [-0.39, 0.29) is 21.2 Å². The van der Waals surface area contributed by atoms with Crippen LogP contribution in [0.15, 0.2) is 0 Å². The third kappa shape index (κ3) is 10.0. The monoisotopic (exact) mass is 760 g/mol. The van der Waals surface area contributed by atoms with Gasteiger partial charge >= 0.3 is 185 Å². The van der Waals surface area contributed by atoms with E-state index < -0.39 is 0 Å². The number of alkyl halides is 5. The second kappa shape index (κ2) is 13.0. The molecule has 1 fully saturated rings. The van der Waals surface area contributed by atoms with Crippen LogP contribution in [0, 0.1) is 5.92 Å². The summed E-state index contributed by atoms with van der Waals surface area (Å²) in [5.41, 5.74) is 0. The molecule has 4 atom stereocenters. The van der Waals surface area contributed by atoms with Crippen molar-refractivity contribution in [2.75, 3.05) is 13.6 Å². The van der Waals surface area contributed by atoms with Crippen LogP contribution in [-0.4, -0.2) is 29.1 Å². The molecule has 136 valence electrons. The normalized spacial score (nSPS) is 23.4. The molecule has 1 aliphatic heterocycles. The Labute approximate surface area is 182 Å². The maximum atomic E-state index is 3.61. The van der Waals surface area contributed by atoms with E-state index in [1.54, 1.807) is 0 Å². The molecule has 0 spiro atoms. The van der Waals surface area contributed by atoms with Gasteiger partial charge < -0.3 is 0 Å². The van der Waals surface area contributed by atoms with E-state index in [0.717, 1.165) is 19.9 Å². The molecule has 6 heteroatoms. The number of nitrogens with one attached hydrogen (secondary N) is 2. The van der Waals surface area contributed by atoms with Gasteiger partial charge in [0, 0.05) is 0 Å². The Balaban J connectivity index is 2.76. The molecule has 1 heterocycles. The fraction of sp³-hybridized carbons (Fsp3) is 0.938. The molecule has 0 aromatic heterocycles. The number of hydrogen-bond acceptors (Lipinski definition) is 2. The van der Waals surface area contributed by atoms with E-state index in [1.807, 2.05) is 1.52 Å². The van der Waals surface area contributed by atoms with Crippen molar-refractivity contribution >= 4 is 44.8 Å². The number of rotatable bonds is 12. The molecule has 2 N–H and O–H groups in total. The topological polar surface area (TPSA) is 34.0 Å². The molecule has 0 radical (unpaired) electrons. The molecule has 0 aromatic rings. The minimum atomic E-state index is 0.216. The van der Waals surface area contributed by atoms with Gasteiger partial charge in [-0.15, -0.1) is 0 Å². The Morgan fingerprint density at radius 2 is 2.09 bits per heavy atom. The van der Waals surface area contributed by atoms with E-state index in [2.05, 4.69) is 68.0 Å². The summed E-state index contributed by atoms with van der Waals surface area (Å²) >= 11 is 3.52. The fourth-order valence-corrected chi connectivity index (χ4v) is 28.0. The first-order valence-corrected chi connectivity index (χ1v) is 16.7. The second-order valence-electron chi connectivity index (χ2n) is 6.00. The molecule has 0 saturated carbocycles. The van der Waals surface area contributed by atoms with Crippen LogP contribution in [0.5, 0.6) is 0 Å². The first-order chi connectivity index (χ1) is 10.5. The van der Waals surface area contributed by atoms with Crippen LogP contribution in [0.4, 0.5) is 0 Å². The molecular formula is C16H32I4N2-2. The molecule has 3 unspecified atom stereocenters. The van der Waals surface area contributed by atoms with Gasteiger partial charge in [-0.1, -0.05) is 0 Å². The van der Waals surface area contributed by atoms with Crippen LogP contribution in [0.1, 0.15) is 53.4 Å². The number of hydrogen-bond donors (Lipinski definition) is 2. The Hall–Kier alpha value is 2.71. The van der Waals surface area contributed by atoms with Crippen molar-refractivity contribution in [3.8, 4) is 0 Å². The Kier molecular flexibility index (Phi) is 13.4. The zero-order valence-electron chi connectivity index (χ0n) is 14.4. The van der Waals surface area contributed by atoms with Crippen molar-refractivity contribution in [1.29, 1.82) is 0 Å². The van der Waals surface area contributed by atoms with Crippen LogP contribution in [0.25, 0.3) is 0 Å². The molecule has 22 heavy (non-hydrogen) atoms. The van der Waals surface area contributed by atoms with E-state index in [1.165, 1.54) is 32.2 Å². The predicted octanol–water partition coefficient (Wildman–Crippen LogP) is -1.87. The van der Waals surface area contributed by atoms with E-state index in [0.29, 0.717) is 41.9 Å². The molecule has 1 rings (SSSR count). The zero-order chi connectivity index (χ0) is 16.5. The number of halogens is 4. The fourth-order valence-electron chi connectivity index (χ4n) is 1.99. The average molecular weight is 760 g/mol. The van der Waals surface area contributed by atoms with Crippen molar-refractivity contribution in [2.24, 2.45) is 5.92 Å². The summed E-state index contributed by atoms with van der Waals surface area (Å²) < 4.78 is 4.96. The van der Waals surface area contributed by atoms with Gasteiger partial charge in [-0.2, -0.15) is 0 Å². The van der Waals surface area contributed by atoms with Crippen LogP contribution in [0.3, 0.4) is 0 Å². The van der Waals surface area contributed by atoms with Gasteiger partial charge in [0.2, 0.25) is 0 Å². The molecule has 0 aliphatic carbocycles. The summed E-state index contributed by atoms with van der Waals surface area (Å²) in [6.45, 7) is 10.9. The second-order valence-corrected chi connectivity index (χ2v) is 24.4. The predicted molar refractivity (Wildman–Crippen MR) is 110 cm³/mol. The first kappa shape index (κ1) is 22.8. The molecule has 0 aromatic carbocycles. The molecule has 1 saturated heterocycles. The van der Waals surface area contributed by atoms with Crippen molar-refractivity contribution < 1.29 is 42.4 Å². The minimum absolute atomic E-state index is 0.216. The average Bonchev–Trinajstić information content (AvgIpc) is 3.29. The third-order valence-electron chi connectivity index (χ3n) is 3.32. The van der Waals surface area contributed by atoms with Crippen molar-refractivity contribution in [2.45, 2.75) is 67.3 Å². The maximum absolute atomic E-state index is 3.61. The molecule has 0 amide bonds. The SMILES string of the molecule is CCCC(CC)[I-]C(CC(C)C)I=C([I-]C(I)NC)[C@H]1CN1. The van der Waals surface area contributed by atoms with Crippen LogP contribution in [-0.2, 0) is 0 Å².